The van der Waals surface area contributed by atoms with E-state index in [-0.39, 0.29) is 0 Å². The SMILES string of the molecule is c1ccc(-c2nc(-c3cccc(-c4ccc(-c5ccc6ccccc6c5)cc4)c3)nc(-c3cccc4oc5cc6ccccc6cc5c34)n2)cc1. The van der Waals surface area contributed by atoms with Crippen molar-refractivity contribution in [2.75, 3.05) is 0 Å². The van der Waals surface area contributed by atoms with Gasteiger partial charge in [0, 0.05) is 27.5 Å². The van der Waals surface area contributed by atoms with Crippen molar-refractivity contribution in [1.29, 1.82) is 0 Å². The van der Waals surface area contributed by atoms with E-state index in [1.54, 1.807) is 0 Å². The van der Waals surface area contributed by atoms with E-state index in [1.165, 1.54) is 21.9 Å². The third kappa shape index (κ3) is 5.22. The molecule has 0 aliphatic heterocycles. The monoisotopic (exact) mass is 651 g/mol. The number of fused-ring (bicyclic) bond motifs is 5. The van der Waals surface area contributed by atoms with E-state index in [9.17, 15) is 0 Å². The van der Waals surface area contributed by atoms with Gasteiger partial charge in [0.2, 0.25) is 0 Å². The molecule has 0 spiro atoms. The zero-order chi connectivity index (χ0) is 33.7. The summed E-state index contributed by atoms with van der Waals surface area (Å²) >= 11 is 0. The quantitative estimate of drug-likeness (QED) is 0.186. The Morgan fingerprint density at radius 1 is 0.314 bits per heavy atom. The molecule has 51 heavy (non-hydrogen) atoms. The molecule has 2 heterocycles. The second-order valence-corrected chi connectivity index (χ2v) is 12.9. The summed E-state index contributed by atoms with van der Waals surface area (Å²) in [6.45, 7) is 0. The summed E-state index contributed by atoms with van der Waals surface area (Å²) in [6.07, 6.45) is 0. The number of nitrogens with zero attached hydrogens (tertiary/aromatic N) is 3. The zero-order valence-electron chi connectivity index (χ0n) is 27.5. The van der Waals surface area contributed by atoms with Crippen LogP contribution in [0, 0.1) is 0 Å². The highest BCUT2D eigenvalue weighted by Crippen LogP contribution is 2.38. The van der Waals surface area contributed by atoms with E-state index < -0.39 is 0 Å². The van der Waals surface area contributed by atoms with Crippen LogP contribution in [0.2, 0.25) is 0 Å². The van der Waals surface area contributed by atoms with Crippen molar-refractivity contribution in [1.82, 2.24) is 15.0 Å². The third-order valence-corrected chi connectivity index (χ3v) is 9.69. The van der Waals surface area contributed by atoms with Crippen molar-refractivity contribution < 1.29 is 4.42 Å². The molecule has 0 amide bonds. The highest BCUT2D eigenvalue weighted by atomic mass is 16.3. The van der Waals surface area contributed by atoms with Gasteiger partial charge < -0.3 is 4.42 Å². The molecule has 2 aromatic heterocycles. The van der Waals surface area contributed by atoms with Gasteiger partial charge in [0.1, 0.15) is 11.2 Å². The molecule has 0 unspecified atom stereocenters. The first-order valence-electron chi connectivity index (χ1n) is 17.1. The fraction of sp³-hybridized carbons (Fsp3) is 0. The van der Waals surface area contributed by atoms with Gasteiger partial charge in [-0.2, -0.15) is 0 Å². The number of benzene rings is 8. The number of hydrogen-bond donors (Lipinski definition) is 0. The first-order valence-corrected chi connectivity index (χ1v) is 17.1. The molecule has 0 radical (unpaired) electrons. The molecule has 8 aromatic carbocycles. The molecular weight excluding hydrogens is 623 g/mol. The summed E-state index contributed by atoms with van der Waals surface area (Å²) in [7, 11) is 0. The third-order valence-electron chi connectivity index (χ3n) is 9.69. The van der Waals surface area contributed by atoms with Crippen LogP contribution in [0.15, 0.2) is 180 Å². The molecule has 0 saturated heterocycles. The van der Waals surface area contributed by atoms with Crippen LogP contribution in [0.4, 0.5) is 0 Å². The van der Waals surface area contributed by atoms with E-state index in [2.05, 4.69) is 133 Å². The van der Waals surface area contributed by atoms with E-state index in [4.69, 9.17) is 19.4 Å². The Morgan fingerprint density at radius 2 is 0.863 bits per heavy atom. The van der Waals surface area contributed by atoms with Crippen LogP contribution in [0.1, 0.15) is 0 Å². The highest BCUT2D eigenvalue weighted by molar-refractivity contribution is 6.15. The molecule has 0 atom stereocenters. The van der Waals surface area contributed by atoms with Gasteiger partial charge in [-0.15, -0.1) is 0 Å². The average molecular weight is 652 g/mol. The Balaban J connectivity index is 1.09. The van der Waals surface area contributed by atoms with Crippen LogP contribution in [-0.4, -0.2) is 15.0 Å². The van der Waals surface area contributed by atoms with Crippen molar-refractivity contribution in [3.05, 3.63) is 176 Å². The van der Waals surface area contributed by atoms with Gasteiger partial charge in [-0.3, -0.25) is 0 Å². The normalized spacial score (nSPS) is 11.5. The summed E-state index contributed by atoms with van der Waals surface area (Å²) in [4.78, 5) is 15.3. The summed E-state index contributed by atoms with van der Waals surface area (Å²) in [5.74, 6) is 1.84. The maximum atomic E-state index is 6.40. The van der Waals surface area contributed by atoms with Gasteiger partial charge in [-0.25, -0.2) is 15.0 Å². The Bertz CT molecular complexity index is 2910. The average Bonchev–Trinajstić information content (AvgIpc) is 3.57. The lowest BCUT2D eigenvalue weighted by Gasteiger charge is -2.11. The number of aromatic nitrogens is 3. The summed E-state index contributed by atoms with van der Waals surface area (Å²) in [6, 6.07) is 61.2. The maximum Gasteiger partial charge on any atom is 0.164 e. The molecule has 238 valence electrons. The topological polar surface area (TPSA) is 51.8 Å². The lowest BCUT2D eigenvalue weighted by Crippen LogP contribution is -2.00. The Hall–Kier alpha value is -6.91. The lowest BCUT2D eigenvalue weighted by molar-refractivity contribution is 0.669. The lowest BCUT2D eigenvalue weighted by atomic mass is 9.97. The molecule has 10 aromatic rings. The maximum absolute atomic E-state index is 6.40. The molecule has 0 bridgehead atoms. The van der Waals surface area contributed by atoms with Crippen molar-refractivity contribution in [3.8, 4) is 56.4 Å². The largest absolute Gasteiger partial charge is 0.456 e. The predicted molar refractivity (Wildman–Crippen MR) is 209 cm³/mol. The van der Waals surface area contributed by atoms with Crippen LogP contribution in [0.3, 0.4) is 0 Å². The van der Waals surface area contributed by atoms with Crippen molar-refractivity contribution in [2.24, 2.45) is 0 Å². The van der Waals surface area contributed by atoms with Gasteiger partial charge in [-0.05, 0) is 74.1 Å². The molecular formula is C47H29N3O. The van der Waals surface area contributed by atoms with Crippen LogP contribution in [-0.2, 0) is 0 Å². The standard InChI is InChI=1S/C47H29N3O/c1-2-11-33(12-3-1)45-48-46(50-47(49-45)40-18-9-19-42-44(40)41-28-36-14-6-7-15-37(36)29-43(41)51-42)39-17-8-16-35(27-39)31-20-22-32(23-21-31)38-25-24-30-10-4-5-13-34(30)26-38/h1-29H. The van der Waals surface area contributed by atoms with Crippen LogP contribution >= 0.6 is 0 Å². The fourth-order valence-corrected chi connectivity index (χ4v) is 7.10. The van der Waals surface area contributed by atoms with Gasteiger partial charge in [0.25, 0.3) is 0 Å². The first kappa shape index (κ1) is 29.0. The molecule has 10 rings (SSSR count). The van der Waals surface area contributed by atoms with Gasteiger partial charge in [0.15, 0.2) is 17.5 Å². The molecule has 0 aliphatic rings. The molecule has 0 aliphatic carbocycles. The van der Waals surface area contributed by atoms with Crippen molar-refractivity contribution >= 4 is 43.5 Å². The van der Waals surface area contributed by atoms with Crippen LogP contribution in [0.25, 0.3) is 99.9 Å². The van der Waals surface area contributed by atoms with Gasteiger partial charge in [-0.1, -0.05) is 146 Å². The van der Waals surface area contributed by atoms with E-state index in [1.807, 2.05) is 42.5 Å². The van der Waals surface area contributed by atoms with E-state index in [0.717, 1.165) is 60.5 Å². The summed E-state index contributed by atoms with van der Waals surface area (Å²) < 4.78 is 6.40. The van der Waals surface area contributed by atoms with Crippen molar-refractivity contribution in [2.45, 2.75) is 0 Å². The minimum atomic E-state index is 0.602. The summed E-state index contributed by atoms with van der Waals surface area (Å²) in [5, 5.41) is 6.82. The minimum Gasteiger partial charge on any atom is -0.456 e. The summed E-state index contributed by atoms with van der Waals surface area (Å²) in [5.41, 5.74) is 9.00. The number of hydrogen-bond acceptors (Lipinski definition) is 4. The van der Waals surface area contributed by atoms with Crippen LogP contribution < -0.4 is 0 Å². The molecule has 0 fully saturated rings. The Kier molecular flexibility index (Phi) is 6.78. The van der Waals surface area contributed by atoms with Crippen LogP contribution in [0.5, 0.6) is 0 Å². The highest BCUT2D eigenvalue weighted by Gasteiger charge is 2.18. The second-order valence-electron chi connectivity index (χ2n) is 12.9. The number of furan rings is 1. The predicted octanol–water partition coefficient (Wildman–Crippen LogP) is 12.4. The number of rotatable bonds is 5. The van der Waals surface area contributed by atoms with Crippen molar-refractivity contribution in [3.63, 3.8) is 0 Å². The molecule has 4 nitrogen and oxygen atoms in total. The fourth-order valence-electron chi connectivity index (χ4n) is 7.10. The minimum absolute atomic E-state index is 0.602. The smallest absolute Gasteiger partial charge is 0.164 e. The first-order chi connectivity index (χ1) is 25.2. The van der Waals surface area contributed by atoms with Gasteiger partial charge >= 0.3 is 0 Å². The van der Waals surface area contributed by atoms with Gasteiger partial charge in [0.05, 0.1) is 0 Å². The zero-order valence-corrected chi connectivity index (χ0v) is 27.5. The molecule has 0 saturated carbocycles. The Labute approximate surface area is 294 Å². The van der Waals surface area contributed by atoms with E-state index in [0.29, 0.717) is 17.5 Å². The Morgan fingerprint density at radius 3 is 1.63 bits per heavy atom. The molecule has 4 heteroatoms. The van der Waals surface area contributed by atoms with E-state index >= 15 is 0 Å². The molecule has 0 N–H and O–H groups in total. The second kappa shape index (κ2) is 11.9.